The number of hydrogen-bond donors (Lipinski definition) is 3. The van der Waals surface area contributed by atoms with Crippen LogP contribution in [0.25, 0.3) is 0 Å². The summed E-state index contributed by atoms with van der Waals surface area (Å²) in [5.41, 5.74) is 4.85. The Morgan fingerprint density at radius 2 is 2.33 bits per heavy atom. The normalized spacial score (nSPS) is 11.6. The van der Waals surface area contributed by atoms with Gasteiger partial charge in [0.05, 0.1) is 12.8 Å². The number of imidazole rings is 1. The highest BCUT2D eigenvalue weighted by molar-refractivity contribution is 7.89. The third kappa shape index (κ3) is 4.43. The van der Waals surface area contributed by atoms with Gasteiger partial charge in [-0.25, -0.2) is 18.1 Å². The van der Waals surface area contributed by atoms with E-state index in [0.717, 1.165) is 0 Å². The molecule has 1 aromatic rings. The largest absolute Gasteiger partial charge is 0.370 e. The standard InChI is InChI=1S/C9H16N4O4S/c1-2-8-11-5-9(13-8)18(15,16)12-3-4-17-6-7(10)14/h5,12H,2-4,6H2,1H3,(H2,10,14)(H,11,13). The van der Waals surface area contributed by atoms with Gasteiger partial charge in [0.25, 0.3) is 10.0 Å². The van der Waals surface area contributed by atoms with Crippen LogP contribution in [0.15, 0.2) is 11.2 Å². The average Bonchev–Trinajstić information content (AvgIpc) is 2.77. The molecule has 8 nitrogen and oxygen atoms in total. The molecule has 0 aliphatic rings. The van der Waals surface area contributed by atoms with E-state index in [1.807, 2.05) is 6.92 Å². The second kappa shape index (κ2) is 6.47. The second-order valence-corrected chi connectivity index (χ2v) is 5.20. The van der Waals surface area contributed by atoms with Gasteiger partial charge in [0.1, 0.15) is 12.4 Å². The van der Waals surface area contributed by atoms with Gasteiger partial charge < -0.3 is 15.5 Å². The Morgan fingerprint density at radius 3 is 2.89 bits per heavy atom. The highest BCUT2D eigenvalue weighted by Gasteiger charge is 2.16. The molecule has 0 aliphatic carbocycles. The first-order valence-corrected chi connectivity index (χ1v) is 6.83. The van der Waals surface area contributed by atoms with E-state index in [4.69, 9.17) is 10.5 Å². The number of nitrogens with one attached hydrogen (secondary N) is 2. The third-order valence-corrected chi connectivity index (χ3v) is 3.38. The van der Waals surface area contributed by atoms with E-state index in [2.05, 4.69) is 14.7 Å². The van der Waals surface area contributed by atoms with Gasteiger partial charge in [-0.15, -0.1) is 0 Å². The van der Waals surface area contributed by atoms with Gasteiger partial charge in [0.15, 0.2) is 5.03 Å². The molecule has 4 N–H and O–H groups in total. The Bertz CT molecular complexity index is 496. The first-order chi connectivity index (χ1) is 8.45. The molecule has 1 heterocycles. The molecular weight excluding hydrogens is 260 g/mol. The van der Waals surface area contributed by atoms with Crippen LogP contribution in [0.1, 0.15) is 12.7 Å². The molecule has 102 valence electrons. The van der Waals surface area contributed by atoms with Gasteiger partial charge >= 0.3 is 0 Å². The van der Waals surface area contributed by atoms with Crippen molar-refractivity contribution in [1.29, 1.82) is 0 Å². The zero-order valence-corrected chi connectivity index (χ0v) is 10.8. The number of aromatic amines is 1. The lowest BCUT2D eigenvalue weighted by Crippen LogP contribution is -2.29. The van der Waals surface area contributed by atoms with Crippen molar-refractivity contribution in [3.63, 3.8) is 0 Å². The maximum atomic E-state index is 11.7. The molecule has 1 rings (SSSR count). The predicted molar refractivity (Wildman–Crippen MR) is 63.2 cm³/mol. The zero-order chi connectivity index (χ0) is 13.6. The molecule has 0 bridgehead atoms. The zero-order valence-electron chi connectivity index (χ0n) is 9.97. The molecule has 0 aliphatic heterocycles. The molecule has 1 amide bonds. The topological polar surface area (TPSA) is 127 Å². The fourth-order valence-electron chi connectivity index (χ4n) is 1.16. The number of carbonyl (C=O) groups excluding carboxylic acids is 1. The van der Waals surface area contributed by atoms with E-state index in [-0.39, 0.29) is 24.8 Å². The number of aromatic nitrogens is 2. The highest BCUT2D eigenvalue weighted by atomic mass is 32.2. The van der Waals surface area contributed by atoms with Crippen molar-refractivity contribution >= 4 is 15.9 Å². The Morgan fingerprint density at radius 1 is 1.61 bits per heavy atom. The number of rotatable bonds is 8. The minimum atomic E-state index is -3.61. The van der Waals surface area contributed by atoms with Crippen LogP contribution in [-0.2, 0) is 26.0 Å². The Labute approximate surface area is 105 Å². The van der Waals surface area contributed by atoms with Crippen molar-refractivity contribution in [2.75, 3.05) is 19.8 Å². The van der Waals surface area contributed by atoms with Gasteiger partial charge in [-0.1, -0.05) is 6.92 Å². The second-order valence-electron chi connectivity index (χ2n) is 3.46. The summed E-state index contributed by atoms with van der Waals surface area (Å²) in [6.45, 7) is 1.75. The summed E-state index contributed by atoms with van der Waals surface area (Å²) < 4.78 is 30.6. The van der Waals surface area contributed by atoms with Crippen LogP contribution >= 0.6 is 0 Å². The monoisotopic (exact) mass is 276 g/mol. The molecule has 9 heteroatoms. The number of ether oxygens (including phenoxy) is 1. The Balaban J connectivity index is 2.42. The van der Waals surface area contributed by atoms with E-state index >= 15 is 0 Å². The van der Waals surface area contributed by atoms with Gasteiger partial charge in [-0.3, -0.25) is 4.79 Å². The molecule has 0 saturated heterocycles. The number of nitrogens with zero attached hydrogens (tertiary/aromatic N) is 1. The molecule has 0 spiro atoms. The smallest absolute Gasteiger partial charge is 0.257 e. The number of H-pyrrole nitrogens is 1. The highest BCUT2D eigenvalue weighted by Crippen LogP contribution is 2.05. The molecule has 18 heavy (non-hydrogen) atoms. The van der Waals surface area contributed by atoms with Crippen LogP contribution in [0.3, 0.4) is 0 Å². The summed E-state index contributed by atoms with van der Waals surface area (Å²) in [6, 6.07) is 0. The lowest BCUT2D eigenvalue weighted by Gasteiger charge is -2.04. The molecule has 1 aromatic heterocycles. The lowest BCUT2D eigenvalue weighted by molar-refractivity contribution is -0.122. The van der Waals surface area contributed by atoms with Crippen molar-refractivity contribution in [2.45, 2.75) is 18.4 Å². The summed E-state index contributed by atoms with van der Waals surface area (Å²) in [4.78, 5) is 16.9. The van der Waals surface area contributed by atoms with Gasteiger partial charge in [-0.2, -0.15) is 0 Å². The quantitative estimate of drug-likeness (QED) is 0.511. The van der Waals surface area contributed by atoms with Gasteiger partial charge in [0, 0.05) is 13.0 Å². The van der Waals surface area contributed by atoms with Crippen molar-refractivity contribution in [2.24, 2.45) is 5.73 Å². The van der Waals surface area contributed by atoms with Gasteiger partial charge in [0.2, 0.25) is 5.91 Å². The van der Waals surface area contributed by atoms with E-state index in [0.29, 0.717) is 12.2 Å². The molecule has 0 fully saturated rings. The number of carbonyl (C=O) groups is 1. The summed E-state index contributed by atoms with van der Waals surface area (Å²) >= 11 is 0. The maximum Gasteiger partial charge on any atom is 0.257 e. The van der Waals surface area contributed by atoms with Crippen molar-refractivity contribution in [1.82, 2.24) is 14.7 Å². The van der Waals surface area contributed by atoms with E-state index in [1.54, 1.807) is 0 Å². The third-order valence-electron chi connectivity index (χ3n) is 2.01. The lowest BCUT2D eigenvalue weighted by atomic mass is 10.5. The number of hydrogen-bond acceptors (Lipinski definition) is 5. The van der Waals surface area contributed by atoms with Crippen LogP contribution in [0.4, 0.5) is 0 Å². The number of nitrogens with two attached hydrogens (primary N) is 1. The Kier molecular flexibility index (Phi) is 5.25. The van der Waals surface area contributed by atoms with Crippen LogP contribution in [0, 0.1) is 0 Å². The van der Waals surface area contributed by atoms with Crippen LogP contribution in [-0.4, -0.2) is 44.1 Å². The van der Waals surface area contributed by atoms with E-state index in [9.17, 15) is 13.2 Å². The summed E-state index contributed by atoms with van der Waals surface area (Å²) in [5, 5.41) is 0.00857. The number of sulfonamides is 1. The van der Waals surface area contributed by atoms with Crippen molar-refractivity contribution < 1.29 is 17.9 Å². The molecular formula is C9H16N4O4S. The maximum absolute atomic E-state index is 11.7. The molecule has 0 saturated carbocycles. The summed E-state index contributed by atoms with van der Waals surface area (Å²) in [6.07, 6.45) is 1.88. The van der Waals surface area contributed by atoms with Crippen LogP contribution in [0.2, 0.25) is 0 Å². The first-order valence-electron chi connectivity index (χ1n) is 5.35. The predicted octanol–water partition coefficient (Wildman–Crippen LogP) is -1.25. The number of aryl methyl sites for hydroxylation is 1. The fraction of sp³-hybridized carbons (Fsp3) is 0.556. The SMILES string of the molecule is CCc1ncc(S(=O)(=O)NCCOCC(N)=O)[nH]1. The molecule has 0 radical (unpaired) electrons. The van der Waals surface area contributed by atoms with Crippen molar-refractivity contribution in [3.8, 4) is 0 Å². The molecule has 0 atom stereocenters. The van der Waals surface area contributed by atoms with Crippen molar-refractivity contribution in [3.05, 3.63) is 12.0 Å². The molecule has 0 unspecified atom stereocenters. The summed E-state index contributed by atoms with van der Waals surface area (Å²) in [7, 11) is -3.61. The van der Waals surface area contributed by atoms with Crippen LogP contribution in [0.5, 0.6) is 0 Å². The first kappa shape index (κ1) is 14.6. The number of amides is 1. The Hall–Kier alpha value is -1.45. The summed E-state index contributed by atoms with van der Waals surface area (Å²) in [5.74, 6) is -0.000587. The minimum Gasteiger partial charge on any atom is -0.370 e. The van der Waals surface area contributed by atoms with E-state index in [1.165, 1.54) is 6.20 Å². The van der Waals surface area contributed by atoms with Crippen LogP contribution < -0.4 is 10.5 Å². The number of primary amides is 1. The fourth-order valence-corrected chi connectivity index (χ4v) is 2.11. The molecule has 0 aromatic carbocycles. The van der Waals surface area contributed by atoms with Gasteiger partial charge in [-0.05, 0) is 0 Å². The average molecular weight is 276 g/mol. The minimum absolute atomic E-state index is 0.00857. The van der Waals surface area contributed by atoms with E-state index < -0.39 is 15.9 Å².